The Morgan fingerprint density at radius 3 is 2.93 bits per heavy atom. The molecule has 1 aromatic heterocycles. The molecule has 0 saturated heterocycles. The van der Waals surface area contributed by atoms with E-state index in [1.165, 1.54) is 11.3 Å². The topological polar surface area (TPSA) is 53.1 Å². The van der Waals surface area contributed by atoms with Gasteiger partial charge in [0.05, 0.1) is 24.6 Å². The van der Waals surface area contributed by atoms with Crippen molar-refractivity contribution in [3.63, 3.8) is 0 Å². The van der Waals surface area contributed by atoms with Gasteiger partial charge in [-0.2, -0.15) is 5.10 Å². The number of nitrogens with zero attached hydrogens (tertiary/aromatic N) is 2. The van der Waals surface area contributed by atoms with Gasteiger partial charge in [-0.3, -0.25) is 4.68 Å². The van der Waals surface area contributed by atoms with Crippen molar-refractivity contribution in [1.29, 1.82) is 0 Å². The monoisotopic (exact) mass is 195 g/mol. The predicted molar refractivity (Wildman–Crippen MR) is 53.4 cm³/mol. The molecule has 2 rings (SSSR count). The average molecular weight is 195 g/mol. The number of rotatable bonds is 3. The molecule has 14 heavy (non-hydrogen) atoms. The van der Waals surface area contributed by atoms with Crippen LogP contribution in [-0.4, -0.2) is 9.78 Å². The normalized spacial score (nSPS) is 15.1. The second-order valence-electron chi connectivity index (χ2n) is 4.14. The lowest BCUT2D eigenvalue weighted by Crippen LogP contribution is -2.10. The minimum Gasteiger partial charge on any atom is -0.370 e. The largest absolute Gasteiger partial charge is 0.370 e. The highest BCUT2D eigenvalue weighted by Gasteiger charge is 2.22. The highest BCUT2D eigenvalue weighted by Crippen LogP contribution is 2.23. The first-order valence-electron chi connectivity index (χ1n) is 5.07. The lowest BCUT2D eigenvalue weighted by atomic mass is 10.2. The number of nitrogens with two attached hydrogens (primary N) is 1. The van der Waals surface area contributed by atoms with Crippen LogP contribution in [0.4, 0.5) is 0 Å². The Kier molecular flexibility index (Phi) is 2.56. The molecule has 0 unspecified atom stereocenters. The SMILES string of the molecule is CC(C)Cn1nc(CN)c2c1COC2. The van der Waals surface area contributed by atoms with E-state index in [0.717, 1.165) is 12.2 Å². The summed E-state index contributed by atoms with van der Waals surface area (Å²) in [6, 6.07) is 0. The molecule has 1 aliphatic rings. The van der Waals surface area contributed by atoms with Crippen LogP contribution in [0.15, 0.2) is 0 Å². The summed E-state index contributed by atoms with van der Waals surface area (Å²) in [7, 11) is 0. The van der Waals surface area contributed by atoms with Gasteiger partial charge in [0, 0.05) is 18.7 Å². The molecule has 0 saturated carbocycles. The standard InChI is InChI=1S/C10H17N3O/c1-7(2)4-13-10-6-14-5-8(10)9(3-11)12-13/h7H,3-6,11H2,1-2H3. The maximum absolute atomic E-state index is 5.64. The van der Waals surface area contributed by atoms with E-state index in [9.17, 15) is 0 Å². The van der Waals surface area contributed by atoms with Gasteiger partial charge in [0.2, 0.25) is 0 Å². The first kappa shape index (κ1) is 9.68. The summed E-state index contributed by atoms with van der Waals surface area (Å²) in [5.41, 5.74) is 9.07. The molecule has 4 heteroatoms. The average Bonchev–Trinajstić information content (AvgIpc) is 2.67. The second kappa shape index (κ2) is 3.71. The Balaban J connectivity index is 2.32. The van der Waals surface area contributed by atoms with Crippen LogP contribution in [0, 0.1) is 5.92 Å². The fraction of sp³-hybridized carbons (Fsp3) is 0.700. The summed E-state index contributed by atoms with van der Waals surface area (Å²) >= 11 is 0. The molecule has 1 aliphatic heterocycles. The first-order valence-corrected chi connectivity index (χ1v) is 5.07. The molecule has 0 aromatic carbocycles. The maximum Gasteiger partial charge on any atom is 0.0893 e. The van der Waals surface area contributed by atoms with Crippen molar-refractivity contribution in [3.8, 4) is 0 Å². The number of fused-ring (bicyclic) bond motifs is 1. The van der Waals surface area contributed by atoms with Crippen LogP contribution >= 0.6 is 0 Å². The predicted octanol–water partition coefficient (Wildman–Crippen LogP) is 1.03. The van der Waals surface area contributed by atoms with E-state index in [2.05, 4.69) is 23.6 Å². The Morgan fingerprint density at radius 1 is 1.50 bits per heavy atom. The fourth-order valence-electron chi connectivity index (χ4n) is 1.83. The first-order chi connectivity index (χ1) is 6.72. The summed E-state index contributed by atoms with van der Waals surface area (Å²) in [6.45, 7) is 7.20. The number of hydrogen-bond donors (Lipinski definition) is 1. The van der Waals surface area contributed by atoms with E-state index < -0.39 is 0 Å². The van der Waals surface area contributed by atoms with Crippen LogP contribution in [-0.2, 0) is 31.0 Å². The summed E-state index contributed by atoms with van der Waals surface area (Å²) in [5, 5.41) is 4.50. The van der Waals surface area contributed by atoms with Gasteiger partial charge in [0.1, 0.15) is 0 Å². The molecule has 0 radical (unpaired) electrons. The van der Waals surface area contributed by atoms with Crippen molar-refractivity contribution in [1.82, 2.24) is 9.78 Å². The third kappa shape index (κ3) is 1.55. The third-order valence-corrected chi connectivity index (χ3v) is 2.47. The zero-order valence-electron chi connectivity index (χ0n) is 8.79. The number of hydrogen-bond acceptors (Lipinski definition) is 3. The molecule has 0 fully saturated rings. The van der Waals surface area contributed by atoms with Crippen LogP contribution in [0.25, 0.3) is 0 Å². The Morgan fingerprint density at radius 2 is 2.29 bits per heavy atom. The van der Waals surface area contributed by atoms with Crippen LogP contribution in [0.3, 0.4) is 0 Å². The van der Waals surface area contributed by atoms with E-state index in [4.69, 9.17) is 10.5 Å². The van der Waals surface area contributed by atoms with Crippen molar-refractivity contribution in [3.05, 3.63) is 17.0 Å². The summed E-state index contributed by atoms with van der Waals surface area (Å²) in [6.07, 6.45) is 0. The molecular weight excluding hydrogens is 178 g/mol. The second-order valence-corrected chi connectivity index (χ2v) is 4.14. The summed E-state index contributed by atoms with van der Waals surface area (Å²) in [4.78, 5) is 0. The van der Waals surface area contributed by atoms with E-state index in [1.54, 1.807) is 0 Å². The van der Waals surface area contributed by atoms with Crippen LogP contribution < -0.4 is 5.73 Å². The molecule has 78 valence electrons. The van der Waals surface area contributed by atoms with Gasteiger partial charge in [-0.15, -0.1) is 0 Å². The Labute approximate surface area is 84.0 Å². The van der Waals surface area contributed by atoms with Crippen molar-refractivity contribution >= 4 is 0 Å². The molecular formula is C10H17N3O. The highest BCUT2D eigenvalue weighted by molar-refractivity contribution is 5.27. The molecule has 0 amide bonds. The van der Waals surface area contributed by atoms with Gasteiger partial charge in [-0.25, -0.2) is 0 Å². The molecule has 1 aromatic rings. The molecule has 0 spiro atoms. The van der Waals surface area contributed by atoms with Gasteiger partial charge >= 0.3 is 0 Å². The van der Waals surface area contributed by atoms with Crippen LogP contribution in [0.5, 0.6) is 0 Å². The summed E-state index contributed by atoms with van der Waals surface area (Å²) in [5.74, 6) is 0.602. The fourth-order valence-corrected chi connectivity index (χ4v) is 1.83. The van der Waals surface area contributed by atoms with Gasteiger partial charge in [-0.1, -0.05) is 13.8 Å². The molecule has 2 N–H and O–H groups in total. The van der Waals surface area contributed by atoms with Gasteiger partial charge in [0.15, 0.2) is 0 Å². The zero-order chi connectivity index (χ0) is 10.1. The molecule has 2 heterocycles. The lowest BCUT2D eigenvalue weighted by molar-refractivity contribution is 0.128. The quantitative estimate of drug-likeness (QED) is 0.783. The molecule has 0 aliphatic carbocycles. The van der Waals surface area contributed by atoms with Crippen LogP contribution in [0.2, 0.25) is 0 Å². The van der Waals surface area contributed by atoms with Gasteiger partial charge in [0.25, 0.3) is 0 Å². The number of aromatic nitrogens is 2. The third-order valence-electron chi connectivity index (χ3n) is 2.47. The maximum atomic E-state index is 5.64. The highest BCUT2D eigenvalue weighted by atomic mass is 16.5. The Bertz CT molecular complexity index is 330. The van der Waals surface area contributed by atoms with E-state index >= 15 is 0 Å². The van der Waals surface area contributed by atoms with E-state index in [-0.39, 0.29) is 0 Å². The van der Waals surface area contributed by atoms with E-state index in [1.807, 2.05) is 0 Å². The smallest absolute Gasteiger partial charge is 0.0893 e. The van der Waals surface area contributed by atoms with Gasteiger partial charge < -0.3 is 10.5 Å². The van der Waals surface area contributed by atoms with Crippen molar-refractivity contribution in [2.45, 2.75) is 40.2 Å². The zero-order valence-corrected chi connectivity index (χ0v) is 8.79. The van der Waals surface area contributed by atoms with Crippen LogP contribution in [0.1, 0.15) is 30.8 Å². The van der Waals surface area contributed by atoms with Crippen molar-refractivity contribution < 1.29 is 4.74 Å². The lowest BCUT2D eigenvalue weighted by Gasteiger charge is -2.07. The Hall–Kier alpha value is -0.870. The minimum atomic E-state index is 0.511. The summed E-state index contributed by atoms with van der Waals surface area (Å²) < 4.78 is 7.45. The minimum absolute atomic E-state index is 0.511. The van der Waals surface area contributed by atoms with E-state index in [0.29, 0.717) is 25.7 Å². The molecule has 0 atom stereocenters. The van der Waals surface area contributed by atoms with Gasteiger partial charge in [-0.05, 0) is 5.92 Å². The number of ether oxygens (including phenoxy) is 1. The van der Waals surface area contributed by atoms with Crippen molar-refractivity contribution in [2.24, 2.45) is 11.7 Å². The molecule has 4 nitrogen and oxygen atoms in total. The van der Waals surface area contributed by atoms with Crippen molar-refractivity contribution in [2.75, 3.05) is 0 Å². The molecule has 0 bridgehead atoms.